The Morgan fingerprint density at radius 2 is 1.08 bits per heavy atom. The van der Waals surface area contributed by atoms with Crippen LogP contribution in [0, 0.1) is 6.92 Å². The van der Waals surface area contributed by atoms with Gasteiger partial charge in [-0.2, -0.15) is 0 Å². The topological polar surface area (TPSA) is 0 Å². The van der Waals surface area contributed by atoms with Gasteiger partial charge in [0.1, 0.15) is 0 Å². The summed E-state index contributed by atoms with van der Waals surface area (Å²) in [6.07, 6.45) is 4.67. The Hall–Kier alpha value is -5.98. The van der Waals surface area contributed by atoms with Gasteiger partial charge in [0, 0.05) is 0 Å². The van der Waals surface area contributed by atoms with E-state index in [0.29, 0.717) is 5.92 Å². The minimum atomic E-state index is 0.485. The average molecular weight is 663 g/mol. The first kappa shape index (κ1) is 29.7. The van der Waals surface area contributed by atoms with E-state index in [-0.39, 0.29) is 0 Å². The summed E-state index contributed by atoms with van der Waals surface area (Å²) in [5.41, 5.74) is 22.1. The van der Waals surface area contributed by atoms with Crippen LogP contribution in [0.15, 0.2) is 146 Å². The van der Waals surface area contributed by atoms with Gasteiger partial charge in [0.2, 0.25) is 0 Å². The third kappa shape index (κ3) is 4.04. The van der Waals surface area contributed by atoms with Gasteiger partial charge in [-0.25, -0.2) is 0 Å². The van der Waals surface area contributed by atoms with Crippen molar-refractivity contribution in [3.05, 3.63) is 173 Å². The monoisotopic (exact) mass is 662 g/mol. The van der Waals surface area contributed by atoms with Crippen LogP contribution in [0.1, 0.15) is 60.4 Å². The number of allylic oxidation sites excluding steroid dienone is 4. The Morgan fingerprint density at radius 1 is 0.462 bits per heavy atom. The van der Waals surface area contributed by atoms with Crippen molar-refractivity contribution < 1.29 is 0 Å². The van der Waals surface area contributed by atoms with E-state index in [2.05, 4.69) is 166 Å². The van der Waals surface area contributed by atoms with Crippen molar-refractivity contribution in [3.8, 4) is 44.5 Å². The van der Waals surface area contributed by atoms with Crippen molar-refractivity contribution in [1.82, 2.24) is 0 Å². The molecule has 0 fully saturated rings. The average Bonchev–Trinajstić information content (AvgIpc) is 3.70. The Kier molecular flexibility index (Phi) is 6.29. The maximum absolute atomic E-state index is 2.56. The van der Waals surface area contributed by atoms with Crippen LogP contribution in [0.3, 0.4) is 0 Å². The maximum Gasteiger partial charge on any atom is -0.000741 e. The Labute approximate surface area is 305 Å². The molecule has 0 radical (unpaired) electrons. The molecule has 0 heterocycles. The number of benzene rings is 8. The zero-order chi connectivity index (χ0) is 34.7. The third-order valence-corrected chi connectivity index (χ3v) is 12.2. The van der Waals surface area contributed by atoms with E-state index in [9.17, 15) is 0 Å². The summed E-state index contributed by atoms with van der Waals surface area (Å²) in [7, 11) is 0. The van der Waals surface area contributed by atoms with E-state index in [0.717, 1.165) is 12.8 Å². The maximum atomic E-state index is 2.56. The second-order valence-corrected chi connectivity index (χ2v) is 15.3. The molecule has 8 aromatic rings. The van der Waals surface area contributed by atoms with Crippen molar-refractivity contribution >= 4 is 49.0 Å². The number of fused-ring (bicyclic) bond motifs is 6. The van der Waals surface area contributed by atoms with Gasteiger partial charge in [0.05, 0.1) is 0 Å². The van der Waals surface area contributed by atoms with Gasteiger partial charge in [0.25, 0.3) is 0 Å². The minimum absolute atomic E-state index is 0.485. The van der Waals surface area contributed by atoms with E-state index < -0.39 is 0 Å². The highest BCUT2D eigenvalue weighted by Gasteiger charge is 2.33. The quantitative estimate of drug-likeness (QED) is 0.176. The number of aryl methyl sites for hydroxylation is 1. The molecule has 0 amide bonds. The fourth-order valence-corrected chi connectivity index (χ4v) is 9.86. The van der Waals surface area contributed by atoms with E-state index in [1.807, 2.05) is 0 Å². The SMILES string of the molecule is Cc1ccc2cc(C(C)C)cc3c2c1C1=C3C=C(c2ccc3c4c(cccc24)-c2c-3c(-c3ccccc3)c3ccccc3c2-c2ccccc2)CC1. The van der Waals surface area contributed by atoms with Crippen LogP contribution in [0.4, 0.5) is 0 Å². The van der Waals surface area contributed by atoms with E-state index in [1.54, 1.807) is 0 Å². The van der Waals surface area contributed by atoms with Crippen molar-refractivity contribution in [1.29, 1.82) is 0 Å². The molecule has 246 valence electrons. The standard InChI is InChI=1S/C52H38/c1-30(2)36-27-35-22-21-31(3)46-41-24-23-34(28-44(41)45(29-36)49(35)46)37-25-26-43-50-38(37)19-12-20-42(50)51-47(32-13-6-4-7-14-32)39-17-10-11-18-40(39)48(52(43)51)33-15-8-5-9-16-33/h4-22,25-30H,23-24H2,1-3H3. The van der Waals surface area contributed by atoms with Gasteiger partial charge in [-0.15, -0.1) is 0 Å². The lowest BCUT2D eigenvalue weighted by Gasteiger charge is -2.20. The highest BCUT2D eigenvalue weighted by molar-refractivity contribution is 6.29. The van der Waals surface area contributed by atoms with Gasteiger partial charge in [-0.3, -0.25) is 0 Å². The first-order valence-electron chi connectivity index (χ1n) is 18.8. The van der Waals surface area contributed by atoms with Crippen molar-refractivity contribution in [3.63, 3.8) is 0 Å². The molecule has 11 rings (SSSR count). The normalized spacial score (nSPS) is 14.1. The summed E-state index contributed by atoms with van der Waals surface area (Å²) in [5, 5.41) is 8.18. The predicted octanol–water partition coefficient (Wildman–Crippen LogP) is 14.7. The fraction of sp³-hybridized carbons (Fsp3) is 0.115. The lowest BCUT2D eigenvalue weighted by atomic mass is 9.82. The molecule has 0 heteroatoms. The zero-order valence-corrected chi connectivity index (χ0v) is 29.8. The molecule has 0 bridgehead atoms. The lowest BCUT2D eigenvalue weighted by Crippen LogP contribution is -1.97. The van der Waals surface area contributed by atoms with Crippen LogP contribution in [0.2, 0.25) is 0 Å². The van der Waals surface area contributed by atoms with Crippen molar-refractivity contribution in [2.45, 2.75) is 39.5 Å². The molecule has 0 saturated carbocycles. The van der Waals surface area contributed by atoms with Crippen LogP contribution in [-0.2, 0) is 0 Å². The van der Waals surface area contributed by atoms with Gasteiger partial charge in [-0.1, -0.05) is 159 Å². The molecule has 0 aromatic heterocycles. The molecular formula is C52H38. The number of rotatable bonds is 4. The van der Waals surface area contributed by atoms with Gasteiger partial charge >= 0.3 is 0 Å². The van der Waals surface area contributed by atoms with Gasteiger partial charge in [0.15, 0.2) is 0 Å². The van der Waals surface area contributed by atoms with Crippen LogP contribution in [0.5, 0.6) is 0 Å². The molecular weight excluding hydrogens is 625 g/mol. The summed E-state index contributed by atoms with van der Waals surface area (Å²) < 4.78 is 0. The summed E-state index contributed by atoms with van der Waals surface area (Å²) in [5.74, 6) is 0.485. The highest BCUT2D eigenvalue weighted by Crippen LogP contribution is 2.59. The molecule has 8 aromatic carbocycles. The molecule has 3 aliphatic carbocycles. The minimum Gasteiger partial charge on any atom is -0.0622 e. The molecule has 52 heavy (non-hydrogen) atoms. The second-order valence-electron chi connectivity index (χ2n) is 15.3. The van der Waals surface area contributed by atoms with Crippen molar-refractivity contribution in [2.24, 2.45) is 0 Å². The lowest BCUT2D eigenvalue weighted by molar-refractivity contribution is 0.868. The predicted molar refractivity (Wildman–Crippen MR) is 224 cm³/mol. The Morgan fingerprint density at radius 3 is 1.75 bits per heavy atom. The molecule has 0 aliphatic heterocycles. The van der Waals surface area contributed by atoms with E-state index in [1.165, 1.54) is 121 Å². The molecule has 0 spiro atoms. The largest absolute Gasteiger partial charge is 0.0622 e. The Bertz CT molecular complexity index is 2800. The number of hydrogen-bond donors (Lipinski definition) is 0. The van der Waals surface area contributed by atoms with Crippen LogP contribution < -0.4 is 0 Å². The highest BCUT2D eigenvalue weighted by atomic mass is 14.4. The third-order valence-electron chi connectivity index (χ3n) is 12.2. The summed E-state index contributed by atoms with van der Waals surface area (Å²) in [6, 6.07) is 52.6. The summed E-state index contributed by atoms with van der Waals surface area (Å²) >= 11 is 0. The molecule has 0 unspecified atom stereocenters. The van der Waals surface area contributed by atoms with Gasteiger partial charge < -0.3 is 0 Å². The van der Waals surface area contributed by atoms with Gasteiger partial charge in [-0.05, 0) is 147 Å². The molecule has 0 atom stereocenters. The van der Waals surface area contributed by atoms with E-state index in [4.69, 9.17) is 0 Å². The molecule has 0 nitrogen and oxygen atoms in total. The fourth-order valence-electron chi connectivity index (χ4n) is 9.86. The second kappa shape index (κ2) is 11.0. The zero-order valence-electron chi connectivity index (χ0n) is 29.8. The van der Waals surface area contributed by atoms with Crippen LogP contribution in [0.25, 0.3) is 93.5 Å². The van der Waals surface area contributed by atoms with Crippen molar-refractivity contribution in [2.75, 3.05) is 0 Å². The first-order valence-corrected chi connectivity index (χ1v) is 18.8. The molecule has 0 N–H and O–H groups in total. The van der Waals surface area contributed by atoms with Crippen LogP contribution >= 0.6 is 0 Å². The van der Waals surface area contributed by atoms with E-state index >= 15 is 0 Å². The molecule has 3 aliphatic rings. The smallest absolute Gasteiger partial charge is 0.000741 e. The summed E-state index contributed by atoms with van der Waals surface area (Å²) in [4.78, 5) is 0. The first-order chi connectivity index (χ1) is 25.6. The Balaban J connectivity index is 1.18. The summed E-state index contributed by atoms with van der Waals surface area (Å²) in [6.45, 7) is 6.92. The van der Waals surface area contributed by atoms with Crippen LogP contribution in [-0.4, -0.2) is 0 Å². The molecule has 0 saturated heterocycles. The number of hydrogen-bond acceptors (Lipinski definition) is 0.